The van der Waals surface area contributed by atoms with Crippen molar-refractivity contribution in [3.05, 3.63) is 46.8 Å². The molecule has 0 bridgehead atoms. The van der Waals surface area contributed by atoms with Crippen LogP contribution < -0.4 is 4.72 Å². The van der Waals surface area contributed by atoms with Gasteiger partial charge in [-0.2, -0.15) is 0 Å². The van der Waals surface area contributed by atoms with Crippen LogP contribution in [0.3, 0.4) is 0 Å². The lowest BCUT2D eigenvalue weighted by Crippen LogP contribution is -2.12. The van der Waals surface area contributed by atoms with Crippen molar-refractivity contribution in [2.45, 2.75) is 9.10 Å². The van der Waals surface area contributed by atoms with Crippen LogP contribution in [0.25, 0.3) is 10.8 Å². The van der Waals surface area contributed by atoms with Gasteiger partial charge in [-0.15, -0.1) is 23.1 Å². The molecule has 136 valence electrons. The summed E-state index contributed by atoms with van der Waals surface area (Å²) in [6.45, 7) is 0. The highest BCUT2D eigenvalue weighted by molar-refractivity contribution is 8.00. The number of halogens is 1. The van der Waals surface area contributed by atoms with E-state index in [0.717, 1.165) is 23.1 Å². The molecule has 1 heterocycles. The van der Waals surface area contributed by atoms with Crippen LogP contribution in [0.2, 0.25) is 4.34 Å². The van der Waals surface area contributed by atoms with Gasteiger partial charge in [-0.25, -0.2) is 8.42 Å². The summed E-state index contributed by atoms with van der Waals surface area (Å²) >= 11 is 7.65. The Balaban J connectivity index is 2.09. The van der Waals surface area contributed by atoms with Crippen molar-refractivity contribution in [2.24, 2.45) is 0 Å². The minimum Gasteiger partial charge on any atom is -0.506 e. The molecule has 2 aromatic carbocycles. The lowest BCUT2D eigenvalue weighted by molar-refractivity contribution is -0.133. The van der Waals surface area contributed by atoms with Crippen LogP contribution in [-0.4, -0.2) is 30.4 Å². The normalized spacial score (nSPS) is 11.6. The number of aromatic hydroxyl groups is 1. The van der Waals surface area contributed by atoms with Gasteiger partial charge in [-0.3, -0.25) is 9.52 Å². The lowest BCUT2D eigenvalue weighted by atomic mass is 10.1. The van der Waals surface area contributed by atoms with Crippen LogP contribution in [0, 0.1) is 0 Å². The van der Waals surface area contributed by atoms with E-state index in [-0.39, 0.29) is 26.3 Å². The molecule has 3 N–H and O–H groups in total. The molecule has 3 aromatic rings. The second kappa shape index (κ2) is 7.36. The smallest absolute Gasteiger partial charge is 0.313 e. The molecule has 0 aliphatic rings. The van der Waals surface area contributed by atoms with E-state index < -0.39 is 16.0 Å². The first kappa shape index (κ1) is 18.8. The first-order chi connectivity index (χ1) is 12.3. The number of hydrogen-bond donors (Lipinski definition) is 3. The topological polar surface area (TPSA) is 104 Å². The number of aliphatic carboxylic acids is 1. The molecule has 0 aliphatic heterocycles. The number of phenolic OH excluding ortho intramolecular Hbond substituents is 1. The number of carboxylic acid groups (broad SMARTS) is 1. The average molecular weight is 430 g/mol. The summed E-state index contributed by atoms with van der Waals surface area (Å²) in [4.78, 5) is 11.1. The lowest BCUT2D eigenvalue weighted by Gasteiger charge is -2.14. The fourth-order valence-corrected chi connectivity index (χ4v) is 5.59. The van der Waals surface area contributed by atoms with Crippen LogP contribution >= 0.6 is 34.7 Å². The van der Waals surface area contributed by atoms with E-state index in [2.05, 4.69) is 4.72 Å². The number of thioether (sulfide) groups is 1. The fourth-order valence-electron chi connectivity index (χ4n) is 2.31. The van der Waals surface area contributed by atoms with Crippen LogP contribution in [0.1, 0.15) is 0 Å². The maximum Gasteiger partial charge on any atom is 0.313 e. The highest BCUT2D eigenvalue weighted by atomic mass is 35.5. The summed E-state index contributed by atoms with van der Waals surface area (Å²) in [7, 11) is -3.87. The number of anilines is 1. The van der Waals surface area contributed by atoms with Gasteiger partial charge in [0, 0.05) is 10.8 Å². The standard InChI is InChI=1S/C16H12ClNO5S3/c17-13-5-6-15(25-13)26(22,23)18-11-7-12(24-8-14(19)20)16(21)10-4-2-1-3-9(10)11/h1-7,18,21H,8H2,(H,19,20). The third-order valence-corrected chi connectivity index (χ3v) is 7.49. The van der Waals surface area contributed by atoms with E-state index in [1.807, 2.05) is 0 Å². The summed E-state index contributed by atoms with van der Waals surface area (Å²) < 4.78 is 28.1. The highest BCUT2D eigenvalue weighted by Crippen LogP contribution is 2.40. The zero-order chi connectivity index (χ0) is 18.9. The van der Waals surface area contributed by atoms with Gasteiger partial charge in [0.15, 0.2) is 0 Å². The highest BCUT2D eigenvalue weighted by Gasteiger charge is 2.20. The van der Waals surface area contributed by atoms with Crippen molar-refractivity contribution in [2.75, 3.05) is 10.5 Å². The van der Waals surface area contributed by atoms with Gasteiger partial charge in [0.1, 0.15) is 9.96 Å². The fraction of sp³-hybridized carbons (Fsp3) is 0.0625. The number of sulfonamides is 1. The largest absolute Gasteiger partial charge is 0.506 e. The minimum atomic E-state index is -3.87. The van der Waals surface area contributed by atoms with Crippen molar-refractivity contribution < 1.29 is 23.4 Å². The van der Waals surface area contributed by atoms with Crippen molar-refractivity contribution in [1.82, 2.24) is 0 Å². The molecular formula is C16H12ClNO5S3. The molecule has 0 unspecified atom stereocenters. The number of thiophene rings is 1. The molecule has 1 aromatic heterocycles. The van der Waals surface area contributed by atoms with E-state index in [4.69, 9.17) is 16.7 Å². The van der Waals surface area contributed by atoms with Gasteiger partial charge in [-0.1, -0.05) is 35.9 Å². The van der Waals surface area contributed by atoms with Gasteiger partial charge in [0.25, 0.3) is 10.0 Å². The van der Waals surface area contributed by atoms with Gasteiger partial charge in [-0.05, 0) is 18.2 Å². The number of nitrogens with one attached hydrogen (secondary N) is 1. The van der Waals surface area contributed by atoms with Crippen LogP contribution in [0.4, 0.5) is 5.69 Å². The van der Waals surface area contributed by atoms with Crippen LogP contribution in [-0.2, 0) is 14.8 Å². The van der Waals surface area contributed by atoms with Crippen molar-refractivity contribution in [3.63, 3.8) is 0 Å². The van der Waals surface area contributed by atoms with E-state index in [1.165, 1.54) is 18.2 Å². The Morgan fingerprint density at radius 1 is 1.19 bits per heavy atom. The Labute approximate surface area is 162 Å². The quantitative estimate of drug-likeness (QED) is 0.400. The number of hydrogen-bond acceptors (Lipinski definition) is 6. The number of phenols is 1. The molecule has 0 spiro atoms. The van der Waals surface area contributed by atoms with Gasteiger partial charge < -0.3 is 10.2 Å². The van der Waals surface area contributed by atoms with E-state index >= 15 is 0 Å². The second-order valence-electron chi connectivity index (χ2n) is 5.16. The molecule has 0 radical (unpaired) electrons. The maximum absolute atomic E-state index is 12.6. The first-order valence-electron chi connectivity index (χ1n) is 7.15. The van der Waals surface area contributed by atoms with E-state index in [0.29, 0.717) is 15.1 Å². The summed E-state index contributed by atoms with van der Waals surface area (Å²) in [5.41, 5.74) is 0.246. The molecule has 0 fully saturated rings. The number of carbonyl (C=O) groups is 1. The molecule has 0 saturated carbocycles. The van der Waals surface area contributed by atoms with Crippen LogP contribution in [0.5, 0.6) is 5.75 Å². The first-order valence-corrected chi connectivity index (χ1v) is 10.8. The average Bonchev–Trinajstić information content (AvgIpc) is 3.03. The Morgan fingerprint density at radius 2 is 1.88 bits per heavy atom. The third-order valence-electron chi connectivity index (χ3n) is 3.39. The molecular weight excluding hydrogens is 418 g/mol. The molecule has 0 atom stereocenters. The summed E-state index contributed by atoms with van der Waals surface area (Å²) in [6, 6.07) is 11.0. The molecule has 10 heteroatoms. The maximum atomic E-state index is 12.6. The van der Waals surface area contributed by atoms with E-state index in [1.54, 1.807) is 24.3 Å². The summed E-state index contributed by atoms with van der Waals surface area (Å²) in [5, 5.41) is 20.2. The third kappa shape index (κ3) is 3.90. The van der Waals surface area contributed by atoms with E-state index in [9.17, 15) is 18.3 Å². The van der Waals surface area contributed by atoms with Gasteiger partial charge in [0.05, 0.1) is 20.7 Å². The van der Waals surface area contributed by atoms with Gasteiger partial charge >= 0.3 is 5.97 Å². The Morgan fingerprint density at radius 3 is 2.50 bits per heavy atom. The molecule has 6 nitrogen and oxygen atoms in total. The number of carboxylic acids is 1. The Hall–Kier alpha value is -1.94. The summed E-state index contributed by atoms with van der Waals surface area (Å²) in [6.07, 6.45) is 0. The SMILES string of the molecule is O=C(O)CSc1cc(NS(=O)(=O)c2ccc(Cl)s2)c2ccccc2c1O. The zero-order valence-corrected chi connectivity index (χ0v) is 16.2. The second-order valence-corrected chi connectivity index (χ2v) is 9.80. The van der Waals surface area contributed by atoms with Crippen molar-refractivity contribution in [3.8, 4) is 5.75 Å². The predicted molar refractivity (Wildman–Crippen MR) is 104 cm³/mol. The Bertz CT molecular complexity index is 1090. The number of rotatable bonds is 6. The summed E-state index contributed by atoms with van der Waals surface area (Å²) in [5.74, 6) is -1.40. The zero-order valence-electron chi connectivity index (χ0n) is 13.0. The van der Waals surface area contributed by atoms with Gasteiger partial charge in [0.2, 0.25) is 0 Å². The number of benzene rings is 2. The van der Waals surface area contributed by atoms with Crippen molar-refractivity contribution in [1.29, 1.82) is 0 Å². The molecule has 3 rings (SSSR count). The molecule has 0 amide bonds. The predicted octanol–water partition coefficient (Wildman–Crippen LogP) is 4.24. The van der Waals surface area contributed by atoms with Crippen molar-refractivity contribution >= 4 is 67.2 Å². The number of fused-ring (bicyclic) bond motifs is 1. The molecule has 0 saturated heterocycles. The van der Waals surface area contributed by atoms with Crippen LogP contribution in [0.15, 0.2) is 51.6 Å². The molecule has 0 aliphatic carbocycles. The minimum absolute atomic E-state index is 0.0550. The molecule has 26 heavy (non-hydrogen) atoms. The Kier molecular flexibility index (Phi) is 5.33. The monoisotopic (exact) mass is 429 g/mol.